The zero-order valence-electron chi connectivity index (χ0n) is 9.08. The number of carbonyl (C=O) groups excluding carboxylic acids is 1. The van der Waals surface area contributed by atoms with E-state index in [1.807, 2.05) is 12.1 Å². The largest absolute Gasteiger partial charge is 0.394 e. The molecule has 5 nitrogen and oxygen atoms in total. The third-order valence-electron chi connectivity index (χ3n) is 1.95. The van der Waals surface area contributed by atoms with Crippen LogP contribution in [-0.2, 0) is 0 Å². The summed E-state index contributed by atoms with van der Waals surface area (Å²) in [5, 5.41) is 23.0. The van der Waals surface area contributed by atoms with Crippen molar-refractivity contribution in [2.24, 2.45) is 0 Å². The molecule has 0 aromatic heterocycles. The van der Waals surface area contributed by atoms with Crippen molar-refractivity contribution >= 4 is 79.5 Å². The number of urea groups is 1. The molecule has 0 aliphatic rings. The molecule has 8 heteroatoms. The predicted octanol–water partition coefficient (Wildman–Crippen LogP) is 1.98. The van der Waals surface area contributed by atoms with Crippen LogP contribution >= 0.6 is 67.8 Å². The Kier molecular flexibility index (Phi) is 7.41. The van der Waals surface area contributed by atoms with E-state index in [0.29, 0.717) is 0 Å². The quantitative estimate of drug-likeness (QED) is 0.407. The Labute approximate surface area is 146 Å². The fraction of sp³-hybridized carbons (Fsp3) is 0.300. The van der Waals surface area contributed by atoms with Crippen LogP contribution in [-0.4, -0.2) is 35.5 Å². The van der Waals surface area contributed by atoms with E-state index in [-0.39, 0.29) is 13.2 Å². The lowest BCUT2D eigenvalue weighted by Gasteiger charge is -2.13. The standard InChI is InChI=1S/C10H11I3N2O3/c11-5-1-7(12)9(8(13)2-5)15-10(18)14-3-6(17)4-16/h1-2,6,16-17H,3-4H2,(H2,14,15,18). The van der Waals surface area contributed by atoms with E-state index in [9.17, 15) is 4.79 Å². The van der Waals surface area contributed by atoms with Gasteiger partial charge in [-0.2, -0.15) is 0 Å². The summed E-state index contributed by atoms with van der Waals surface area (Å²) < 4.78 is 2.99. The van der Waals surface area contributed by atoms with E-state index in [0.717, 1.165) is 16.4 Å². The minimum Gasteiger partial charge on any atom is -0.394 e. The van der Waals surface area contributed by atoms with Crippen molar-refractivity contribution in [2.45, 2.75) is 6.10 Å². The van der Waals surface area contributed by atoms with Crippen molar-refractivity contribution in [1.82, 2.24) is 5.32 Å². The maximum Gasteiger partial charge on any atom is 0.319 e. The Morgan fingerprint density at radius 2 is 1.83 bits per heavy atom. The van der Waals surface area contributed by atoms with E-state index < -0.39 is 12.1 Å². The summed E-state index contributed by atoms with van der Waals surface area (Å²) >= 11 is 6.52. The minimum atomic E-state index is -0.939. The van der Waals surface area contributed by atoms with E-state index >= 15 is 0 Å². The van der Waals surface area contributed by atoms with Gasteiger partial charge in [0.1, 0.15) is 0 Å². The van der Waals surface area contributed by atoms with Gasteiger partial charge in [0, 0.05) is 17.3 Å². The van der Waals surface area contributed by atoms with Gasteiger partial charge >= 0.3 is 6.03 Å². The molecule has 0 aliphatic carbocycles. The van der Waals surface area contributed by atoms with Crippen LogP contribution in [0.2, 0.25) is 0 Å². The third-order valence-corrected chi connectivity index (χ3v) is 4.28. The molecule has 0 aliphatic heterocycles. The smallest absolute Gasteiger partial charge is 0.319 e. The molecule has 100 valence electrons. The number of nitrogens with one attached hydrogen (secondary N) is 2. The zero-order chi connectivity index (χ0) is 13.7. The molecule has 0 saturated carbocycles. The second-order valence-electron chi connectivity index (χ2n) is 3.42. The second kappa shape index (κ2) is 8.01. The highest BCUT2D eigenvalue weighted by Gasteiger charge is 2.11. The van der Waals surface area contributed by atoms with E-state index in [1.54, 1.807) is 0 Å². The highest BCUT2D eigenvalue weighted by atomic mass is 127. The van der Waals surface area contributed by atoms with Gasteiger partial charge in [0.2, 0.25) is 0 Å². The number of hydrogen-bond donors (Lipinski definition) is 4. The monoisotopic (exact) mass is 588 g/mol. The molecule has 2 amide bonds. The highest BCUT2D eigenvalue weighted by molar-refractivity contribution is 14.1. The molecule has 0 spiro atoms. The van der Waals surface area contributed by atoms with Crippen LogP contribution in [0.1, 0.15) is 0 Å². The molecule has 1 rings (SSSR count). The summed E-state index contributed by atoms with van der Waals surface area (Å²) in [6.45, 7) is -0.362. The predicted molar refractivity (Wildman–Crippen MR) is 94.7 cm³/mol. The number of benzene rings is 1. The molecule has 1 aromatic rings. The molecule has 0 saturated heterocycles. The summed E-state index contributed by atoms with van der Waals surface area (Å²) in [6, 6.07) is 3.52. The van der Waals surface area contributed by atoms with Crippen LogP contribution in [0.15, 0.2) is 12.1 Å². The molecule has 0 bridgehead atoms. The summed E-state index contributed by atoms with van der Waals surface area (Å²) in [5.74, 6) is 0. The maximum atomic E-state index is 11.6. The van der Waals surface area contributed by atoms with Crippen LogP contribution < -0.4 is 10.6 Å². The SMILES string of the molecule is O=C(NCC(O)CO)Nc1c(I)cc(I)cc1I. The van der Waals surface area contributed by atoms with Gasteiger partial charge < -0.3 is 20.8 Å². The number of carbonyl (C=O) groups is 1. The topological polar surface area (TPSA) is 81.6 Å². The van der Waals surface area contributed by atoms with E-state index in [2.05, 4.69) is 78.4 Å². The van der Waals surface area contributed by atoms with E-state index in [4.69, 9.17) is 10.2 Å². The number of hydrogen-bond acceptors (Lipinski definition) is 3. The van der Waals surface area contributed by atoms with Crippen LogP contribution in [0.4, 0.5) is 10.5 Å². The lowest BCUT2D eigenvalue weighted by molar-refractivity contribution is 0.0965. The van der Waals surface area contributed by atoms with Crippen molar-refractivity contribution in [2.75, 3.05) is 18.5 Å². The molecular formula is C10H11I3N2O3. The Hall–Kier alpha value is 0.600. The van der Waals surface area contributed by atoms with Crippen LogP contribution in [0, 0.1) is 10.7 Å². The maximum absolute atomic E-state index is 11.6. The first-order valence-corrected chi connectivity index (χ1v) is 8.16. The van der Waals surface area contributed by atoms with Crippen LogP contribution in [0.5, 0.6) is 0 Å². The van der Waals surface area contributed by atoms with Gasteiger partial charge in [-0.1, -0.05) is 0 Å². The van der Waals surface area contributed by atoms with Gasteiger partial charge in [-0.15, -0.1) is 0 Å². The Bertz CT molecular complexity index is 419. The third kappa shape index (κ3) is 5.30. The Balaban J connectivity index is 2.65. The van der Waals surface area contributed by atoms with Crippen LogP contribution in [0.25, 0.3) is 0 Å². The van der Waals surface area contributed by atoms with Gasteiger partial charge in [0.25, 0.3) is 0 Å². The van der Waals surface area contributed by atoms with Gasteiger partial charge in [-0.3, -0.25) is 0 Å². The van der Waals surface area contributed by atoms with E-state index in [1.165, 1.54) is 0 Å². The fourth-order valence-corrected chi connectivity index (χ4v) is 4.95. The highest BCUT2D eigenvalue weighted by Crippen LogP contribution is 2.27. The molecule has 0 fully saturated rings. The number of rotatable bonds is 4. The molecule has 4 N–H and O–H groups in total. The number of halogens is 3. The molecule has 18 heavy (non-hydrogen) atoms. The summed E-state index contributed by atoms with van der Waals surface area (Å²) in [7, 11) is 0. The molecular weight excluding hydrogens is 577 g/mol. The first-order valence-electron chi connectivity index (χ1n) is 4.92. The fourth-order valence-electron chi connectivity index (χ4n) is 1.09. The molecule has 1 aromatic carbocycles. The van der Waals surface area contributed by atoms with Crippen LogP contribution in [0.3, 0.4) is 0 Å². The Morgan fingerprint density at radius 1 is 1.28 bits per heavy atom. The van der Waals surface area contributed by atoms with Crippen molar-refractivity contribution in [3.8, 4) is 0 Å². The number of aliphatic hydroxyl groups is 2. The van der Waals surface area contributed by atoms with Crippen molar-refractivity contribution < 1.29 is 15.0 Å². The first-order chi connectivity index (χ1) is 8.43. The van der Waals surface area contributed by atoms with Crippen molar-refractivity contribution in [3.05, 3.63) is 22.8 Å². The minimum absolute atomic E-state index is 0.0137. The molecule has 1 unspecified atom stereocenters. The molecule has 0 heterocycles. The average molecular weight is 588 g/mol. The zero-order valence-corrected chi connectivity index (χ0v) is 15.6. The van der Waals surface area contributed by atoms with Gasteiger partial charge in [-0.05, 0) is 79.9 Å². The number of anilines is 1. The van der Waals surface area contributed by atoms with Crippen molar-refractivity contribution in [1.29, 1.82) is 0 Å². The first kappa shape index (κ1) is 16.7. The van der Waals surface area contributed by atoms with Crippen molar-refractivity contribution in [3.63, 3.8) is 0 Å². The molecule has 1 atom stereocenters. The second-order valence-corrected chi connectivity index (χ2v) is 6.99. The van der Waals surface area contributed by atoms with Gasteiger partial charge in [0.05, 0.1) is 18.4 Å². The summed E-state index contributed by atoms with van der Waals surface area (Å²) in [6.07, 6.45) is -0.939. The normalized spacial score (nSPS) is 12.1. The Morgan fingerprint density at radius 3 is 2.33 bits per heavy atom. The lowest BCUT2D eigenvalue weighted by atomic mass is 10.3. The van der Waals surface area contributed by atoms with Gasteiger partial charge in [0.15, 0.2) is 0 Å². The number of amides is 2. The molecule has 0 radical (unpaired) electrons. The van der Waals surface area contributed by atoms with Gasteiger partial charge in [-0.25, -0.2) is 4.79 Å². The lowest BCUT2D eigenvalue weighted by Crippen LogP contribution is -2.36. The summed E-state index contributed by atoms with van der Waals surface area (Å²) in [5.41, 5.74) is 0.743. The number of aliphatic hydroxyl groups excluding tert-OH is 2. The average Bonchev–Trinajstić information content (AvgIpc) is 2.30. The summed E-state index contributed by atoms with van der Waals surface area (Å²) in [4.78, 5) is 11.6.